The standard InChI is InChI=1S/C11H15BrN2O2/c1-7(11(13)15)14-10-5-3-4-9(12)8(10)6-16-2/h3-5,7,14H,6H2,1-2H3,(H2,13,15). The van der Waals surface area contributed by atoms with Crippen molar-refractivity contribution in [1.29, 1.82) is 0 Å². The van der Waals surface area contributed by atoms with E-state index in [4.69, 9.17) is 10.5 Å². The molecule has 1 aromatic carbocycles. The molecule has 0 aliphatic rings. The Hall–Kier alpha value is -1.07. The number of primary amides is 1. The SMILES string of the molecule is COCc1c(Br)cccc1NC(C)C(N)=O. The molecule has 0 heterocycles. The van der Waals surface area contributed by atoms with Crippen molar-refractivity contribution in [3.63, 3.8) is 0 Å². The number of benzene rings is 1. The minimum Gasteiger partial charge on any atom is -0.380 e. The number of anilines is 1. The van der Waals surface area contributed by atoms with Crippen LogP contribution in [0.2, 0.25) is 0 Å². The van der Waals surface area contributed by atoms with Gasteiger partial charge in [0.2, 0.25) is 5.91 Å². The van der Waals surface area contributed by atoms with E-state index in [1.165, 1.54) is 0 Å². The van der Waals surface area contributed by atoms with Gasteiger partial charge < -0.3 is 15.8 Å². The summed E-state index contributed by atoms with van der Waals surface area (Å²) in [5.41, 5.74) is 7.02. The molecule has 1 aromatic rings. The molecule has 0 saturated heterocycles. The van der Waals surface area contributed by atoms with Gasteiger partial charge in [-0.05, 0) is 19.1 Å². The second kappa shape index (κ2) is 5.86. The number of nitrogens with one attached hydrogen (secondary N) is 1. The second-order valence-electron chi connectivity index (χ2n) is 3.47. The van der Waals surface area contributed by atoms with Crippen LogP contribution >= 0.6 is 15.9 Å². The summed E-state index contributed by atoms with van der Waals surface area (Å²) in [5.74, 6) is -0.386. The Morgan fingerprint density at radius 1 is 1.62 bits per heavy atom. The quantitative estimate of drug-likeness (QED) is 0.869. The summed E-state index contributed by atoms with van der Waals surface area (Å²) in [4.78, 5) is 11.0. The number of methoxy groups -OCH3 is 1. The lowest BCUT2D eigenvalue weighted by Crippen LogP contribution is -2.32. The number of ether oxygens (including phenoxy) is 1. The second-order valence-corrected chi connectivity index (χ2v) is 4.32. The number of hydrogen-bond acceptors (Lipinski definition) is 3. The molecular weight excluding hydrogens is 272 g/mol. The topological polar surface area (TPSA) is 64.3 Å². The van der Waals surface area contributed by atoms with E-state index in [0.717, 1.165) is 15.7 Å². The maximum Gasteiger partial charge on any atom is 0.239 e. The van der Waals surface area contributed by atoms with Crippen molar-refractivity contribution in [2.75, 3.05) is 12.4 Å². The molecule has 0 fully saturated rings. The first-order chi connectivity index (χ1) is 7.56. The van der Waals surface area contributed by atoms with Crippen LogP contribution in [-0.4, -0.2) is 19.1 Å². The predicted molar refractivity (Wildman–Crippen MR) is 67.1 cm³/mol. The molecule has 1 atom stereocenters. The molecule has 4 nitrogen and oxygen atoms in total. The summed E-state index contributed by atoms with van der Waals surface area (Å²) in [6, 6.07) is 5.29. The minimum absolute atomic E-state index is 0.386. The van der Waals surface area contributed by atoms with Gasteiger partial charge in [-0.15, -0.1) is 0 Å². The summed E-state index contributed by atoms with van der Waals surface area (Å²) in [5, 5.41) is 3.05. The molecular formula is C11H15BrN2O2. The van der Waals surface area contributed by atoms with Crippen LogP contribution in [0, 0.1) is 0 Å². The molecule has 3 N–H and O–H groups in total. The average molecular weight is 287 g/mol. The largest absolute Gasteiger partial charge is 0.380 e. The fourth-order valence-corrected chi connectivity index (χ4v) is 1.77. The molecule has 5 heteroatoms. The highest BCUT2D eigenvalue weighted by Crippen LogP contribution is 2.25. The number of carbonyl (C=O) groups excluding carboxylic acids is 1. The van der Waals surface area contributed by atoms with Gasteiger partial charge in [-0.25, -0.2) is 0 Å². The number of nitrogens with two attached hydrogens (primary N) is 1. The molecule has 1 unspecified atom stereocenters. The fourth-order valence-electron chi connectivity index (χ4n) is 1.29. The lowest BCUT2D eigenvalue weighted by atomic mass is 10.1. The van der Waals surface area contributed by atoms with Crippen molar-refractivity contribution in [3.05, 3.63) is 28.2 Å². The Labute approximate surface area is 103 Å². The lowest BCUT2D eigenvalue weighted by molar-refractivity contribution is -0.118. The van der Waals surface area contributed by atoms with Crippen LogP contribution in [0.4, 0.5) is 5.69 Å². The zero-order valence-electron chi connectivity index (χ0n) is 9.29. The van der Waals surface area contributed by atoms with E-state index < -0.39 is 6.04 Å². The van der Waals surface area contributed by atoms with Gasteiger partial charge in [0.05, 0.1) is 6.61 Å². The van der Waals surface area contributed by atoms with Crippen LogP contribution in [-0.2, 0) is 16.1 Å². The van der Waals surface area contributed by atoms with Crippen molar-refractivity contribution < 1.29 is 9.53 Å². The average Bonchev–Trinajstić information content (AvgIpc) is 2.23. The summed E-state index contributed by atoms with van der Waals surface area (Å²) < 4.78 is 6.05. The van der Waals surface area contributed by atoms with Crippen LogP contribution < -0.4 is 11.1 Å². The Morgan fingerprint density at radius 3 is 2.88 bits per heavy atom. The van der Waals surface area contributed by atoms with E-state index in [1.807, 2.05) is 18.2 Å². The van der Waals surface area contributed by atoms with E-state index in [1.54, 1.807) is 14.0 Å². The first kappa shape index (κ1) is 13.0. The number of hydrogen-bond donors (Lipinski definition) is 2. The van der Waals surface area contributed by atoms with Gasteiger partial charge in [-0.1, -0.05) is 22.0 Å². The summed E-state index contributed by atoms with van der Waals surface area (Å²) >= 11 is 3.44. The molecule has 0 bridgehead atoms. The monoisotopic (exact) mass is 286 g/mol. The molecule has 88 valence electrons. The Balaban J connectivity index is 2.94. The van der Waals surface area contributed by atoms with Crippen molar-refractivity contribution >= 4 is 27.5 Å². The van der Waals surface area contributed by atoms with E-state index >= 15 is 0 Å². The Kier molecular flexibility index (Phi) is 4.76. The normalized spacial score (nSPS) is 12.2. The number of carbonyl (C=O) groups is 1. The fraction of sp³-hybridized carbons (Fsp3) is 0.364. The molecule has 0 aromatic heterocycles. The lowest BCUT2D eigenvalue weighted by Gasteiger charge is -2.16. The Bertz CT molecular complexity index is 382. The molecule has 0 aliphatic carbocycles. The van der Waals surface area contributed by atoms with E-state index in [-0.39, 0.29) is 5.91 Å². The third-order valence-corrected chi connectivity index (χ3v) is 2.95. The predicted octanol–water partition coefficient (Wildman–Crippen LogP) is 1.88. The van der Waals surface area contributed by atoms with E-state index in [0.29, 0.717) is 6.61 Å². The van der Waals surface area contributed by atoms with E-state index in [9.17, 15) is 4.79 Å². The maximum absolute atomic E-state index is 11.0. The highest BCUT2D eigenvalue weighted by Gasteiger charge is 2.12. The third-order valence-electron chi connectivity index (χ3n) is 2.21. The molecule has 1 amide bonds. The van der Waals surface area contributed by atoms with Gasteiger partial charge in [0.25, 0.3) is 0 Å². The number of rotatable bonds is 5. The molecule has 0 saturated carbocycles. The molecule has 1 rings (SSSR count). The maximum atomic E-state index is 11.0. The molecule has 16 heavy (non-hydrogen) atoms. The highest BCUT2D eigenvalue weighted by atomic mass is 79.9. The van der Waals surface area contributed by atoms with Crippen molar-refractivity contribution in [3.8, 4) is 0 Å². The van der Waals surface area contributed by atoms with Crippen LogP contribution in [0.15, 0.2) is 22.7 Å². The van der Waals surface area contributed by atoms with Crippen LogP contribution in [0.5, 0.6) is 0 Å². The third kappa shape index (κ3) is 3.21. The van der Waals surface area contributed by atoms with Crippen LogP contribution in [0.25, 0.3) is 0 Å². The van der Waals surface area contributed by atoms with Gasteiger partial charge in [0.1, 0.15) is 6.04 Å². The summed E-state index contributed by atoms with van der Waals surface area (Å²) in [6.07, 6.45) is 0. The first-order valence-electron chi connectivity index (χ1n) is 4.88. The van der Waals surface area contributed by atoms with Gasteiger partial charge in [-0.3, -0.25) is 4.79 Å². The van der Waals surface area contributed by atoms with Crippen LogP contribution in [0.3, 0.4) is 0 Å². The van der Waals surface area contributed by atoms with Crippen LogP contribution in [0.1, 0.15) is 12.5 Å². The van der Waals surface area contributed by atoms with E-state index in [2.05, 4.69) is 21.2 Å². The van der Waals surface area contributed by atoms with Crippen molar-refractivity contribution in [2.45, 2.75) is 19.6 Å². The zero-order valence-corrected chi connectivity index (χ0v) is 10.9. The summed E-state index contributed by atoms with van der Waals surface area (Å²) in [6.45, 7) is 2.19. The molecule has 0 spiro atoms. The minimum atomic E-state index is -0.412. The van der Waals surface area contributed by atoms with Crippen molar-refractivity contribution in [1.82, 2.24) is 0 Å². The van der Waals surface area contributed by atoms with Gasteiger partial charge in [0, 0.05) is 22.8 Å². The number of halogens is 1. The smallest absolute Gasteiger partial charge is 0.239 e. The van der Waals surface area contributed by atoms with Gasteiger partial charge in [-0.2, -0.15) is 0 Å². The van der Waals surface area contributed by atoms with Gasteiger partial charge >= 0.3 is 0 Å². The van der Waals surface area contributed by atoms with Gasteiger partial charge in [0.15, 0.2) is 0 Å². The van der Waals surface area contributed by atoms with Crippen molar-refractivity contribution in [2.24, 2.45) is 5.73 Å². The number of amides is 1. The molecule has 0 aliphatic heterocycles. The summed E-state index contributed by atoms with van der Waals surface area (Å²) in [7, 11) is 1.63. The Morgan fingerprint density at radius 2 is 2.31 bits per heavy atom. The first-order valence-corrected chi connectivity index (χ1v) is 5.67. The molecule has 0 radical (unpaired) electrons. The highest BCUT2D eigenvalue weighted by molar-refractivity contribution is 9.10. The zero-order chi connectivity index (χ0) is 12.1.